The lowest BCUT2D eigenvalue weighted by Crippen LogP contribution is -2.32. The molecule has 1 atom stereocenters. The van der Waals surface area contributed by atoms with Gasteiger partial charge in [-0.05, 0) is 63.8 Å². The second kappa shape index (κ2) is 9.77. The maximum atomic E-state index is 13.7. The van der Waals surface area contributed by atoms with Crippen molar-refractivity contribution in [1.29, 1.82) is 0 Å². The van der Waals surface area contributed by atoms with Gasteiger partial charge in [0.1, 0.15) is 11.3 Å². The van der Waals surface area contributed by atoms with Gasteiger partial charge in [0.15, 0.2) is 16.9 Å². The van der Waals surface area contributed by atoms with Crippen molar-refractivity contribution in [1.82, 2.24) is 9.80 Å². The van der Waals surface area contributed by atoms with E-state index in [9.17, 15) is 9.59 Å². The Labute approximate surface area is 198 Å². The minimum absolute atomic E-state index is 0.0794. The lowest BCUT2D eigenvalue weighted by molar-refractivity contribution is 0.0722. The molecule has 0 bridgehead atoms. The minimum Gasteiger partial charge on any atom is -0.494 e. The Balaban J connectivity index is 1.88. The van der Waals surface area contributed by atoms with Crippen molar-refractivity contribution in [3.8, 4) is 17.2 Å². The SMILES string of the molecule is CCOc1ccc2c(=O)c3c(oc2c1)C(=O)N(CCCN(C)C)C3c1ccc(OC)c(OC)c1. The number of ether oxygens (including phenoxy) is 3. The van der Waals surface area contributed by atoms with E-state index in [2.05, 4.69) is 4.90 Å². The number of hydrogen-bond acceptors (Lipinski definition) is 7. The van der Waals surface area contributed by atoms with Crippen LogP contribution in [0.15, 0.2) is 45.6 Å². The Hall–Kier alpha value is -3.52. The zero-order chi connectivity index (χ0) is 24.4. The van der Waals surface area contributed by atoms with Crippen LogP contribution < -0.4 is 19.6 Å². The van der Waals surface area contributed by atoms with Crippen LogP contribution in [0.25, 0.3) is 11.0 Å². The number of rotatable bonds is 9. The molecule has 1 aliphatic heterocycles. The fraction of sp³-hybridized carbons (Fsp3) is 0.385. The standard InChI is InChI=1S/C26H30N2O6/c1-6-33-17-9-10-18-20(15-17)34-25-22(24(18)29)23(28(26(25)30)13-7-12-27(2)3)16-8-11-19(31-4)21(14-16)32-5/h8-11,14-15,23H,6-7,12-13H2,1-5H3. The van der Waals surface area contributed by atoms with E-state index >= 15 is 0 Å². The van der Waals surface area contributed by atoms with E-state index in [0.717, 1.165) is 18.5 Å². The van der Waals surface area contributed by atoms with E-state index in [-0.39, 0.29) is 17.1 Å². The molecule has 1 unspecified atom stereocenters. The van der Waals surface area contributed by atoms with Gasteiger partial charge in [0, 0.05) is 12.6 Å². The molecule has 1 aromatic heterocycles. The molecule has 2 heterocycles. The van der Waals surface area contributed by atoms with Crippen LogP contribution in [0.5, 0.6) is 17.2 Å². The molecule has 3 aromatic rings. The molecule has 8 heteroatoms. The first kappa shape index (κ1) is 23.6. The Morgan fingerprint density at radius 3 is 2.47 bits per heavy atom. The summed E-state index contributed by atoms with van der Waals surface area (Å²) >= 11 is 0. The summed E-state index contributed by atoms with van der Waals surface area (Å²) in [6.07, 6.45) is 0.749. The number of nitrogens with zero attached hydrogens (tertiary/aromatic N) is 2. The van der Waals surface area contributed by atoms with E-state index in [1.165, 1.54) is 0 Å². The summed E-state index contributed by atoms with van der Waals surface area (Å²) in [4.78, 5) is 31.0. The van der Waals surface area contributed by atoms with Gasteiger partial charge in [-0.15, -0.1) is 0 Å². The van der Waals surface area contributed by atoms with Crippen molar-refractivity contribution < 1.29 is 23.4 Å². The van der Waals surface area contributed by atoms with E-state index in [1.54, 1.807) is 43.4 Å². The predicted molar refractivity (Wildman–Crippen MR) is 129 cm³/mol. The summed E-state index contributed by atoms with van der Waals surface area (Å²) in [5.41, 5.74) is 1.22. The van der Waals surface area contributed by atoms with Crippen molar-refractivity contribution in [2.45, 2.75) is 19.4 Å². The summed E-state index contributed by atoms with van der Waals surface area (Å²) in [5, 5.41) is 0.413. The summed E-state index contributed by atoms with van der Waals surface area (Å²) in [6.45, 7) is 3.65. The highest BCUT2D eigenvalue weighted by Gasteiger charge is 2.42. The molecule has 8 nitrogen and oxygen atoms in total. The first-order valence-electron chi connectivity index (χ1n) is 11.3. The Morgan fingerprint density at radius 2 is 1.79 bits per heavy atom. The van der Waals surface area contributed by atoms with Crippen LogP contribution in [0.4, 0.5) is 0 Å². The predicted octanol–water partition coefficient (Wildman–Crippen LogP) is 3.71. The van der Waals surface area contributed by atoms with Gasteiger partial charge in [-0.1, -0.05) is 6.07 Å². The van der Waals surface area contributed by atoms with E-state index < -0.39 is 6.04 Å². The molecular formula is C26H30N2O6. The average Bonchev–Trinajstić information content (AvgIpc) is 3.10. The molecular weight excluding hydrogens is 436 g/mol. The smallest absolute Gasteiger partial charge is 0.290 e. The summed E-state index contributed by atoms with van der Waals surface area (Å²) in [7, 11) is 7.10. The van der Waals surface area contributed by atoms with E-state index in [1.807, 2.05) is 33.2 Å². The van der Waals surface area contributed by atoms with Crippen molar-refractivity contribution in [3.63, 3.8) is 0 Å². The number of hydrogen-bond donors (Lipinski definition) is 0. The van der Waals surface area contributed by atoms with Crippen molar-refractivity contribution in [2.75, 3.05) is 48.0 Å². The maximum absolute atomic E-state index is 13.7. The quantitative estimate of drug-likeness (QED) is 0.476. The molecule has 1 aliphatic rings. The molecule has 0 saturated carbocycles. The molecule has 0 fully saturated rings. The molecule has 0 N–H and O–H groups in total. The largest absolute Gasteiger partial charge is 0.494 e. The number of carbonyl (C=O) groups is 1. The number of methoxy groups -OCH3 is 2. The monoisotopic (exact) mass is 466 g/mol. The van der Waals surface area contributed by atoms with Crippen LogP contribution in [0.1, 0.15) is 41.1 Å². The van der Waals surface area contributed by atoms with Gasteiger partial charge in [0.05, 0.1) is 37.8 Å². The normalized spacial score (nSPS) is 15.2. The lowest BCUT2D eigenvalue weighted by Gasteiger charge is -2.26. The molecule has 0 saturated heterocycles. The van der Waals surface area contributed by atoms with Crippen LogP contribution in [-0.4, -0.2) is 63.7 Å². The molecule has 0 radical (unpaired) electrons. The van der Waals surface area contributed by atoms with Gasteiger partial charge in [-0.25, -0.2) is 0 Å². The van der Waals surface area contributed by atoms with Crippen molar-refractivity contribution in [3.05, 3.63) is 63.5 Å². The van der Waals surface area contributed by atoms with Gasteiger partial charge in [0.2, 0.25) is 5.76 Å². The van der Waals surface area contributed by atoms with E-state index in [0.29, 0.717) is 46.9 Å². The average molecular weight is 467 g/mol. The second-order valence-electron chi connectivity index (χ2n) is 8.44. The third kappa shape index (κ3) is 4.21. The number of fused-ring (bicyclic) bond motifs is 2. The van der Waals surface area contributed by atoms with Crippen molar-refractivity contribution >= 4 is 16.9 Å². The molecule has 180 valence electrons. The van der Waals surface area contributed by atoms with Gasteiger partial charge in [0.25, 0.3) is 5.91 Å². The fourth-order valence-corrected chi connectivity index (χ4v) is 4.41. The first-order valence-corrected chi connectivity index (χ1v) is 11.3. The number of carbonyl (C=O) groups excluding carboxylic acids is 1. The number of benzene rings is 2. The highest BCUT2D eigenvalue weighted by atomic mass is 16.5. The summed E-state index contributed by atoms with van der Waals surface area (Å²) < 4.78 is 22.5. The van der Waals surface area contributed by atoms with Gasteiger partial charge in [-0.2, -0.15) is 0 Å². The third-order valence-corrected chi connectivity index (χ3v) is 5.98. The first-order chi connectivity index (χ1) is 16.4. The van der Waals surface area contributed by atoms with Crippen LogP contribution in [0.2, 0.25) is 0 Å². The van der Waals surface area contributed by atoms with Crippen LogP contribution >= 0.6 is 0 Å². The fourth-order valence-electron chi connectivity index (χ4n) is 4.41. The Morgan fingerprint density at radius 1 is 1.03 bits per heavy atom. The molecule has 4 rings (SSSR count). The minimum atomic E-state index is -0.586. The Kier molecular flexibility index (Phi) is 6.79. The number of amides is 1. The molecule has 1 amide bonds. The molecule has 2 aromatic carbocycles. The third-order valence-electron chi connectivity index (χ3n) is 5.98. The van der Waals surface area contributed by atoms with Crippen molar-refractivity contribution in [2.24, 2.45) is 0 Å². The maximum Gasteiger partial charge on any atom is 0.290 e. The van der Waals surface area contributed by atoms with E-state index in [4.69, 9.17) is 18.6 Å². The van der Waals surface area contributed by atoms with Crippen LogP contribution in [0, 0.1) is 0 Å². The van der Waals surface area contributed by atoms with Gasteiger partial charge in [-0.3, -0.25) is 9.59 Å². The molecule has 0 spiro atoms. The highest BCUT2D eigenvalue weighted by Crippen LogP contribution is 2.41. The van der Waals surface area contributed by atoms with Gasteiger partial charge < -0.3 is 28.4 Å². The topological polar surface area (TPSA) is 81.5 Å². The molecule has 34 heavy (non-hydrogen) atoms. The second-order valence-corrected chi connectivity index (χ2v) is 8.44. The summed E-state index contributed by atoms with van der Waals surface area (Å²) in [5.74, 6) is 1.47. The zero-order valence-corrected chi connectivity index (χ0v) is 20.2. The van der Waals surface area contributed by atoms with Crippen LogP contribution in [0.3, 0.4) is 0 Å². The summed E-state index contributed by atoms with van der Waals surface area (Å²) in [6, 6.07) is 9.96. The highest BCUT2D eigenvalue weighted by molar-refractivity contribution is 5.99. The molecule has 0 aliphatic carbocycles. The van der Waals surface area contributed by atoms with Crippen LogP contribution in [-0.2, 0) is 0 Å². The zero-order valence-electron chi connectivity index (χ0n) is 20.2. The van der Waals surface area contributed by atoms with Gasteiger partial charge >= 0.3 is 0 Å². The lowest BCUT2D eigenvalue weighted by atomic mass is 9.98. The Bertz CT molecular complexity index is 1270.